The summed E-state index contributed by atoms with van der Waals surface area (Å²) >= 11 is 6.12. The van der Waals surface area contributed by atoms with Gasteiger partial charge >= 0.3 is 0 Å². The molecule has 0 spiro atoms. The molecular formula is C15H13Br2F2N3O3. The van der Waals surface area contributed by atoms with Crippen LogP contribution in [0, 0.1) is 18.6 Å². The van der Waals surface area contributed by atoms with Crippen LogP contribution in [0.1, 0.15) is 15.9 Å². The van der Waals surface area contributed by atoms with Crippen molar-refractivity contribution < 1.29 is 23.5 Å². The number of hydrogen-bond donors (Lipinski definition) is 3. The molecule has 0 aliphatic heterocycles. The molecule has 0 saturated heterocycles. The third-order valence-corrected chi connectivity index (χ3v) is 4.06. The van der Waals surface area contributed by atoms with E-state index in [9.17, 15) is 13.6 Å². The molecule has 1 amide bonds. The fourth-order valence-corrected chi connectivity index (χ4v) is 2.75. The number of aliphatic hydroxyl groups excluding tert-OH is 1. The van der Waals surface area contributed by atoms with Gasteiger partial charge < -0.3 is 10.4 Å². The topological polar surface area (TPSA) is 83.5 Å². The number of nitrogens with zero attached hydrogens (tertiary/aromatic N) is 1. The van der Waals surface area contributed by atoms with E-state index in [1.807, 2.05) is 5.48 Å². The minimum Gasteiger partial charge on any atom is -0.394 e. The Hall–Kier alpha value is -1.62. The number of hydrogen-bond acceptors (Lipinski definition) is 5. The molecule has 6 nitrogen and oxygen atoms in total. The maximum absolute atomic E-state index is 14.4. The highest BCUT2D eigenvalue weighted by molar-refractivity contribution is 9.10. The van der Waals surface area contributed by atoms with Gasteiger partial charge in [-0.25, -0.2) is 19.2 Å². The number of aryl methyl sites for hydroxylation is 1. The van der Waals surface area contributed by atoms with Crippen molar-refractivity contribution in [1.29, 1.82) is 0 Å². The smallest absolute Gasteiger partial charge is 0.277 e. The highest BCUT2D eigenvalue weighted by Gasteiger charge is 2.23. The zero-order valence-electron chi connectivity index (χ0n) is 12.9. The van der Waals surface area contributed by atoms with Gasteiger partial charge in [0.25, 0.3) is 5.91 Å². The number of carbonyl (C=O) groups is 1. The Morgan fingerprint density at radius 3 is 2.68 bits per heavy atom. The van der Waals surface area contributed by atoms with Crippen LogP contribution in [-0.2, 0) is 4.84 Å². The summed E-state index contributed by atoms with van der Waals surface area (Å²) < 4.78 is 28.8. The Morgan fingerprint density at radius 1 is 1.32 bits per heavy atom. The van der Waals surface area contributed by atoms with Crippen molar-refractivity contribution in [2.75, 3.05) is 18.5 Å². The zero-order chi connectivity index (χ0) is 18.6. The van der Waals surface area contributed by atoms with Gasteiger partial charge in [0.05, 0.1) is 28.9 Å². The van der Waals surface area contributed by atoms with Crippen molar-refractivity contribution in [3.63, 3.8) is 0 Å². The summed E-state index contributed by atoms with van der Waals surface area (Å²) in [5.41, 5.74) is 2.11. The van der Waals surface area contributed by atoms with E-state index in [1.54, 1.807) is 13.0 Å². The van der Waals surface area contributed by atoms with Gasteiger partial charge in [0.15, 0.2) is 11.6 Å². The first-order valence-corrected chi connectivity index (χ1v) is 8.53. The van der Waals surface area contributed by atoms with Gasteiger partial charge in [-0.3, -0.25) is 9.63 Å². The number of hydroxylamine groups is 1. The molecule has 10 heteroatoms. The number of benzene rings is 1. The third kappa shape index (κ3) is 4.72. The summed E-state index contributed by atoms with van der Waals surface area (Å²) in [6.07, 6.45) is 1.48. The van der Waals surface area contributed by atoms with Gasteiger partial charge in [0.1, 0.15) is 5.82 Å². The van der Waals surface area contributed by atoms with Crippen molar-refractivity contribution in [3.8, 4) is 0 Å². The largest absolute Gasteiger partial charge is 0.394 e. The zero-order valence-corrected chi connectivity index (χ0v) is 16.0. The maximum Gasteiger partial charge on any atom is 0.277 e. The number of pyridine rings is 1. The SMILES string of the molecule is Cc1cc(Br)cnc1Nc1c(C(=O)NOCCO)cc(Br)c(F)c1F. The summed E-state index contributed by atoms with van der Waals surface area (Å²) in [5, 5.41) is 11.3. The van der Waals surface area contributed by atoms with Gasteiger partial charge in [-0.1, -0.05) is 0 Å². The number of carbonyl (C=O) groups excluding carboxylic acids is 1. The van der Waals surface area contributed by atoms with Gasteiger partial charge in [0, 0.05) is 10.7 Å². The number of amides is 1. The van der Waals surface area contributed by atoms with Crippen LogP contribution in [0.15, 0.2) is 27.3 Å². The Morgan fingerprint density at radius 2 is 2.04 bits per heavy atom. The minimum absolute atomic E-state index is 0.146. The molecule has 0 aliphatic carbocycles. The maximum atomic E-state index is 14.4. The van der Waals surface area contributed by atoms with Crippen LogP contribution in [0.2, 0.25) is 0 Å². The fraction of sp³-hybridized carbons (Fsp3) is 0.200. The van der Waals surface area contributed by atoms with E-state index in [-0.39, 0.29) is 34.8 Å². The van der Waals surface area contributed by atoms with E-state index < -0.39 is 17.5 Å². The normalized spacial score (nSPS) is 10.6. The lowest BCUT2D eigenvalue weighted by Gasteiger charge is -2.15. The standard InChI is InChI=1S/C15H13Br2F2N3O3/c1-7-4-8(16)6-20-14(7)21-13-9(15(24)22-25-3-2-23)5-10(17)11(18)12(13)19/h4-6,23H,2-3H2,1H3,(H,20,21)(H,22,24). The second kappa shape index (κ2) is 8.65. The average Bonchev–Trinajstić information content (AvgIpc) is 2.57. The third-order valence-electron chi connectivity index (χ3n) is 3.05. The number of aliphatic hydroxyl groups is 1. The number of rotatable bonds is 6. The molecular weight excluding hydrogens is 468 g/mol. The molecule has 134 valence electrons. The van der Waals surface area contributed by atoms with Crippen molar-refractivity contribution in [1.82, 2.24) is 10.5 Å². The van der Waals surface area contributed by atoms with Crippen molar-refractivity contribution in [3.05, 3.63) is 50.0 Å². The number of anilines is 2. The monoisotopic (exact) mass is 479 g/mol. The van der Waals surface area contributed by atoms with Gasteiger partial charge in [-0.15, -0.1) is 0 Å². The Kier molecular flexibility index (Phi) is 6.82. The molecule has 2 aromatic rings. The quantitative estimate of drug-likeness (QED) is 0.334. The summed E-state index contributed by atoms with van der Waals surface area (Å²) in [7, 11) is 0. The van der Waals surface area contributed by atoms with Gasteiger partial charge in [-0.05, 0) is 56.5 Å². The van der Waals surface area contributed by atoms with E-state index >= 15 is 0 Å². The number of nitrogens with one attached hydrogen (secondary N) is 2. The molecule has 0 bridgehead atoms. The number of aromatic nitrogens is 1. The molecule has 25 heavy (non-hydrogen) atoms. The van der Waals surface area contributed by atoms with Gasteiger partial charge in [0.2, 0.25) is 0 Å². The molecule has 1 aromatic heterocycles. The average molecular weight is 481 g/mol. The van der Waals surface area contributed by atoms with E-state index in [0.717, 1.165) is 6.07 Å². The molecule has 2 rings (SSSR count). The second-order valence-corrected chi connectivity index (χ2v) is 6.63. The second-order valence-electron chi connectivity index (χ2n) is 4.86. The van der Waals surface area contributed by atoms with E-state index in [2.05, 4.69) is 42.2 Å². The lowest BCUT2D eigenvalue weighted by atomic mass is 10.1. The van der Waals surface area contributed by atoms with Crippen molar-refractivity contribution in [2.45, 2.75) is 6.92 Å². The summed E-state index contributed by atoms with van der Waals surface area (Å²) in [6.45, 7) is 1.26. The molecule has 1 heterocycles. The van der Waals surface area contributed by atoms with Crippen LogP contribution < -0.4 is 10.8 Å². The molecule has 3 N–H and O–H groups in total. The Bertz CT molecular complexity index is 806. The Labute approximate surface area is 158 Å². The lowest BCUT2D eigenvalue weighted by Crippen LogP contribution is -2.26. The van der Waals surface area contributed by atoms with Crippen LogP contribution in [0.3, 0.4) is 0 Å². The van der Waals surface area contributed by atoms with Crippen LogP contribution in [0.5, 0.6) is 0 Å². The van der Waals surface area contributed by atoms with Crippen LogP contribution >= 0.6 is 31.9 Å². The van der Waals surface area contributed by atoms with Crippen LogP contribution in [0.25, 0.3) is 0 Å². The molecule has 0 fully saturated rings. The van der Waals surface area contributed by atoms with E-state index in [0.29, 0.717) is 10.0 Å². The van der Waals surface area contributed by atoms with E-state index in [4.69, 9.17) is 9.94 Å². The summed E-state index contributed by atoms with van der Waals surface area (Å²) in [4.78, 5) is 21.0. The van der Waals surface area contributed by atoms with Crippen molar-refractivity contribution in [2.24, 2.45) is 0 Å². The molecule has 0 radical (unpaired) electrons. The predicted octanol–water partition coefficient (Wildman–Crippen LogP) is 3.59. The lowest BCUT2D eigenvalue weighted by molar-refractivity contribution is 0.0168. The first kappa shape index (κ1) is 19.7. The minimum atomic E-state index is -1.24. The first-order chi connectivity index (χ1) is 11.8. The molecule has 0 unspecified atom stereocenters. The van der Waals surface area contributed by atoms with Crippen molar-refractivity contribution >= 4 is 49.3 Å². The van der Waals surface area contributed by atoms with Crippen LogP contribution in [0.4, 0.5) is 20.3 Å². The summed E-state index contributed by atoms with van der Waals surface area (Å²) in [6, 6.07) is 2.85. The number of halogens is 4. The highest BCUT2D eigenvalue weighted by Crippen LogP contribution is 2.32. The van der Waals surface area contributed by atoms with E-state index in [1.165, 1.54) is 6.20 Å². The molecule has 1 aromatic carbocycles. The predicted molar refractivity (Wildman–Crippen MR) is 94.5 cm³/mol. The summed E-state index contributed by atoms with van der Waals surface area (Å²) in [5.74, 6) is -2.95. The Balaban J connectivity index is 2.44. The van der Waals surface area contributed by atoms with Crippen LogP contribution in [-0.4, -0.2) is 29.2 Å². The van der Waals surface area contributed by atoms with Gasteiger partial charge in [-0.2, -0.15) is 0 Å². The first-order valence-electron chi connectivity index (χ1n) is 6.94. The fourth-order valence-electron chi connectivity index (χ4n) is 1.90. The molecule has 0 aliphatic rings. The molecule has 0 atom stereocenters. The highest BCUT2D eigenvalue weighted by atomic mass is 79.9. The molecule has 0 saturated carbocycles.